The Morgan fingerprint density at radius 1 is 0.445 bits per heavy atom. The molecule has 0 spiro atoms. The van der Waals surface area contributed by atoms with Crippen LogP contribution in [0.5, 0.6) is 0 Å². The average Bonchev–Trinajstić information content (AvgIpc) is 0.819. The molecule has 0 fully saturated rings. The van der Waals surface area contributed by atoms with Crippen LogP contribution in [0, 0.1) is 11.3 Å². The Labute approximate surface area is 748 Å². The van der Waals surface area contributed by atoms with Crippen LogP contribution in [-0.4, -0.2) is 258 Å². The van der Waals surface area contributed by atoms with E-state index in [0.29, 0.717) is 38.6 Å². The van der Waals surface area contributed by atoms with Crippen molar-refractivity contribution in [3.8, 4) is 0 Å². The van der Waals surface area contributed by atoms with Gasteiger partial charge in [-0.15, -0.1) is 0 Å². The molecule has 45 heteroatoms. The summed E-state index contributed by atoms with van der Waals surface area (Å²) in [6.45, 7) is 9.01. The van der Waals surface area contributed by atoms with Crippen molar-refractivity contribution >= 4 is 164 Å². The Bertz CT molecular complexity index is 4750. The lowest BCUT2D eigenvalue weighted by molar-refractivity contribution is -0.142. The highest BCUT2D eigenvalue weighted by molar-refractivity contribution is 7.99. The van der Waals surface area contributed by atoms with Gasteiger partial charge in [-0.1, -0.05) is 119 Å². The summed E-state index contributed by atoms with van der Waals surface area (Å²) in [5.74, 6) is -27.2. The smallest absolute Gasteiger partial charge is 0.305 e. The molecule has 4 bridgehead atoms. The van der Waals surface area contributed by atoms with Gasteiger partial charge in [-0.05, 0) is 90.0 Å². The Morgan fingerprint density at radius 3 is 1.38 bits per heavy atom. The van der Waals surface area contributed by atoms with Crippen LogP contribution in [0.2, 0.25) is 0 Å². The number of carbonyl (C=O) groups excluding carboxylic acids is 16. The number of primary amides is 2. The Balaban J connectivity index is 1.56. The third-order valence-electron chi connectivity index (χ3n) is 20.1. The number of carboxylic acids is 4. The number of carbonyl (C=O) groups is 20. The number of aliphatic hydroxyl groups excluding tert-OH is 1. The van der Waals surface area contributed by atoms with E-state index in [9.17, 15) is 112 Å². The van der Waals surface area contributed by atoms with Crippen molar-refractivity contribution in [1.82, 2.24) is 74.4 Å². The summed E-state index contributed by atoms with van der Waals surface area (Å²) < 4.78 is 0. The predicted octanol–water partition coefficient (Wildman–Crippen LogP) is -3.67. The van der Waals surface area contributed by atoms with Gasteiger partial charge < -0.3 is 117 Å². The molecule has 2 aliphatic heterocycles. The first-order valence-electron chi connectivity index (χ1n) is 40.7. The van der Waals surface area contributed by atoms with Gasteiger partial charge >= 0.3 is 23.9 Å². The number of carboxylic acid groups (broad SMARTS) is 4. The standard InChI is InChI=1S/C83H111N17O25S3/c1-40(33-101)24-53-75(118)96-58(32-66(109)110)79(122)100-67(83(5,6)7)82(125)97-59(68(86)111)37-126-34-45-25-46-27-47(26-45)36-128-39-61(81(124)90-52(21-23-64(105)106)73(116)95-57(31-65(107)108)78(121)93-54(76(119)92-53)28-44-14-9-8-10-15-44)99-71(114)43(4)87-74(117)55(29-49-18-13-17-48-16-11-12-19-50(48)49)94-72(115)51(20-22-63(103)104)89-77(120)56(30-62(85)102)91-70(113)42(3)88-80(123)60(38-127-35-46)98-69(112)41(2)84/h8-19,25-27,40-43,51-61,67,101H,20-24,28-39,84H2,1-7H3,(H2,85,102)(H2,86,111)(H,87,117)(H,88,123)(H,89,120)(H,90,124)(H,91,113)(H,92,119)(H,93,121)(H,94,115)(H,95,116)(H,96,118)(H,97,125)(H,98,112)(H,99,114)(H,100,122)(H,103,104)(H,105,106)(H,107,108)(H,109,110)/t40?,41-,42+,43+,51-,52-,53-,54-,55-,56-,57-,58-,59-,60-,61+,67+/m0/s1. The van der Waals surface area contributed by atoms with Crippen LogP contribution in [0.15, 0.2) is 91.0 Å². The molecule has 2 heterocycles. The molecule has 1 unspecified atom stereocenters. The topological polar surface area (TPSA) is 689 Å². The molecule has 128 heavy (non-hydrogen) atoms. The lowest BCUT2D eigenvalue weighted by Gasteiger charge is -2.33. The number of aliphatic hydroxyl groups is 1. The van der Waals surface area contributed by atoms with Crippen molar-refractivity contribution in [3.05, 3.63) is 119 Å². The quantitative estimate of drug-likeness (QED) is 0.0360. The van der Waals surface area contributed by atoms with Crippen molar-refractivity contribution in [1.29, 1.82) is 0 Å². The van der Waals surface area contributed by atoms with Crippen molar-refractivity contribution < 1.29 is 121 Å². The maximum atomic E-state index is 15.3. The minimum atomic E-state index is -2.21. The first-order chi connectivity index (χ1) is 60.3. The zero-order valence-electron chi connectivity index (χ0n) is 71.3. The van der Waals surface area contributed by atoms with Gasteiger partial charge in [-0.3, -0.25) is 95.9 Å². The summed E-state index contributed by atoms with van der Waals surface area (Å²) in [5, 5.41) is 86.0. The fourth-order valence-electron chi connectivity index (χ4n) is 13.2. The second-order valence-corrected chi connectivity index (χ2v) is 35.2. The van der Waals surface area contributed by atoms with E-state index >= 15 is 9.59 Å². The van der Waals surface area contributed by atoms with E-state index in [0.717, 1.165) is 42.2 Å². The summed E-state index contributed by atoms with van der Waals surface area (Å²) in [6.07, 6.45) is -7.92. The number of thioether (sulfide) groups is 3. The van der Waals surface area contributed by atoms with Crippen molar-refractivity contribution in [2.24, 2.45) is 28.5 Å². The lowest BCUT2D eigenvalue weighted by Crippen LogP contribution is -2.62. The van der Waals surface area contributed by atoms with E-state index in [4.69, 9.17) is 17.2 Å². The number of nitrogens with two attached hydrogens (primary N) is 3. The van der Waals surface area contributed by atoms with E-state index < -0.39 is 297 Å². The third kappa shape index (κ3) is 34.4. The molecule has 0 aliphatic carbocycles. The van der Waals surface area contributed by atoms with Gasteiger partial charge in [0, 0.05) is 66.8 Å². The number of fused-ring (bicyclic) bond motifs is 6. The third-order valence-corrected chi connectivity index (χ3v) is 23.4. The van der Waals surface area contributed by atoms with Crippen LogP contribution in [0.1, 0.15) is 128 Å². The maximum Gasteiger partial charge on any atom is 0.305 e. The summed E-state index contributed by atoms with van der Waals surface area (Å²) in [7, 11) is 0. The highest BCUT2D eigenvalue weighted by Crippen LogP contribution is 2.27. The van der Waals surface area contributed by atoms with Gasteiger partial charge in [0.15, 0.2) is 0 Å². The molecule has 0 saturated heterocycles. The summed E-state index contributed by atoms with van der Waals surface area (Å²) >= 11 is 3.06. The van der Waals surface area contributed by atoms with E-state index in [1.54, 1.807) is 78.9 Å². The summed E-state index contributed by atoms with van der Waals surface area (Å²) in [4.78, 5) is 280. The zero-order chi connectivity index (χ0) is 95.0. The normalized spacial score (nSPS) is 24.6. The van der Waals surface area contributed by atoms with Gasteiger partial charge in [0.1, 0.15) is 84.6 Å². The molecule has 42 nitrogen and oxygen atoms in total. The molecular formula is C83H111N17O25S3. The number of aliphatic carboxylic acids is 4. The monoisotopic (exact) mass is 1840 g/mol. The Kier molecular flexibility index (Phi) is 40.9. The molecule has 6 rings (SSSR count). The Hall–Kier alpha value is -12.5. The number of nitrogens with one attached hydrogen (secondary N) is 14. The molecule has 16 amide bonds. The summed E-state index contributed by atoms with van der Waals surface area (Å²) in [6, 6.07) is -1.95. The summed E-state index contributed by atoms with van der Waals surface area (Å²) in [5.41, 5.74) is 18.3. The average molecular weight is 1840 g/mol. The largest absolute Gasteiger partial charge is 0.481 e. The van der Waals surface area contributed by atoms with Gasteiger partial charge in [-0.25, -0.2) is 0 Å². The predicted molar refractivity (Wildman–Crippen MR) is 466 cm³/mol. The molecule has 696 valence electrons. The number of hydrogen-bond donors (Lipinski definition) is 22. The second-order valence-electron chi connectivity index (χ2n) is 32.1. The van der Waals surface area contributed by atoms with Crippen molar-refractivity contribution in [3.63, 3.8) is 0 Å². The van der Waals surface area contributed by atoms with E-state index in [1.165, 1.54) is 53.7 Å². The molecule has 16 atom stereocenters. The molecule has 2 aliphatic rings. The van der Waals surface area contributed by atoms with Crippen LogP contribution in [0.25, 0.3) is 10.8 Å². The molecule has 4 aromatic rings. The minimum absolute atomic E-state index is 0.00726. The van der Waals surface area contributed by atoms with Crippen LogP contribution in [0.3, 0.4) is 0 Å². The maximum absolute atomic E-state index is 15.3. The number of hydrogen-bond acceptors (Lipinski definition) is 25. The lowest BCUT2D eigenvalue weighted by atomic mass is 9.85. The second kappa shape index (κ2) is 50.2. The molecule has 25 N–H and O–H groups in total. The first kappa shape index (κ1) is 104. The van der Waals surface area contributed by atoms with Crippen molar-refractivity contribution in [2.45, 2.75) is 221 Å². The van der Waals surface area contributed by atoms with Gasteiger partial charge in [0.25, 0.3) is 0 Å². The SMILES string of the molecule is CC(CO)C[C@@H]1NC(=O)[C@H](Cc2ccccc2)NC(=O)[C@H](CC(=O)O)NC(=O)[C@H](CCC(=O)O)NC(=O)[C@H]2CSCc3cc(cc(c3)CSC[C@H](NC(=O)[C@H](C)N)C(=O)N[C@H](C)C(=O)N[C@@H](CC(N)=O)C(=O)N[C@@H](CCC(=O)O)C(=O)N[C@@H](Cc3cccc4ccccc34)C(=O)N[C@H](C)C(=O)N2)CSC[C@@H](C(N)=O)NC(=O)[C@H](C(C)(C)C)NC(=O)[C@H](CC(=O)O)NC1=O. The van der Waals surface area contributed by atoms with Gasteiger partial charge in [0.05, 0.1) is 25.3 Å². The van der Waals surface area contributed by atoms with Crippen LogP contribution in [0.4, 0.5) is 0 Å². The number of amides is 16. The molecule has 4 aromatic carbocycles. The number of rotatable bonds is 22. The van der Waals surface area contributed by atoms with E-state index in [-0.39, 0.29) is 28.8 Å². The molecule has 0 aromatic heterocycles. The van der Waals surface area contributed by atoms with E-state index in [1.807, 2.05) is 0 Å². The zero-order valence-corrected chi connectivity index (χ0v) is 73.7. The fraction of sp³-hybridized carbons (Fsp3) is 0.494. The van der Waals surface area contributed by atoms with Crippen LogP contribution in [-0.2, 0) is 126 Å². The highest BCUT2D eigenvalue weighted by Gasteiger charge is 2.42. The Morgan fingerprint density at radius 2 is 0.867 bits per heavy atom. The van der Waals surface area contributed by atoms with Gasteiger partial charge in [0.2, 0.25) is 94.5 Å². The molecular weight excluding hydrogens is 1730 g/mol. The number of benzene rings is 4. The van der Waals surface area contributed by atoms with Crippen LogP contribution < -0.4 is 91.6 Å². The molecule has 0 radical (unpaired) electrons. The molecule has 0 saturated carbocycles. The first-order valence-corrected chi connectivity index (χ1v) is 44.2. The minimum Gasteiger partial charge on any atom is -0.481 e. The fourth-order valence-corrected chi connectivity index (χ4v) is 16.2. The highest BCUT2D eigenvalue weighted by atomic mass is 32.2. The van der Waals surface area contributed by atoms with Gasteiger partial charge in [-0.2, -0.15) is 35.3 Å². The van der Waals surface area contributed by atoms with Crippen molar-refractivity contribution in [2.75, 3.05) is 23.9 Å². The van der Waals surface area contributed by atoms with E-state index in [2.05, 4.69) is 74.4 Å². The van der Waals surface area contributed by atoms with Crippen LogP contribution >= 0.6 is 35.3 Å².